The zero-order chi connectivity index (χ0) is 22.1. The van der Waals surface area contributed by atoms with Gasteiger partial charge in [-0.3, -0.25) is 0 Å². The number of carbonyl (C=O) groups excluding carboxylic acids is 1. The maximum atomic E-state index is 13.8. The fraction of sp³-hybridized carbons (Fsp3) is 0.429. The third-order valence-electron chi connectivity index (χ3n) is 5.29. The van der Waals surface area contributed by atoms with Crippen LogP contribution in [0.5, 0.6) is 5.88 Å². The van der Waals surface area contributed by atoms with Crippen LogP contribution in [-0.4, -0.2) is 70.0 Å². The first-order valence-electron chi connectivity index (χ1n) is 10.1. The number of likely N-dealkylation sites (N-methyl/N-ethyl adjacent to an activating group) is 1. The summed E-state index contributed by atoms with van der Waals surface area (Å²) in [5, 5.41) is 4.73. The minimum absolute atomic E-state index is 0.0264. The Kier molecular flexibility index (Phi) is 5.62. The summed E-state index contributed by atoms with van der Waals surface area (Å²) in [5.41, 5.74) is 1.67. The molecule has 0 bridgehead atoms. The van der Waals surface area contributed by atoms with Gasteiger partial charge in [0.1, 0.15) is 11.6 Å². The standard InChI is InChI=1S/C21H25FN6O3/c1-13(2)31-21(29)26(3)15-7-8-27(12-15)19-6-5-18-23-11-17(28(18)25-19)16-9-14(22)10-24-20(16)30-4/h5-6,9-11,13,15H,7-8,12H2,1-4H3/t15-/m0/s1. The first-order chi connectivity index (χ1) is 14.9. The number of rotatable bonds is 5. The second-order valence-electron chi connectivity index (χ2n) is 7.75. The number of ether oxygens (including phenoxy) is 2. The van der Waals surface area contributed by atoms with Crippen molar-refractivity contribution >= 4 is 17.6 Å². The molecule has 1 aliphatic rings. The van der Waals surface area contributed by atoms with Crippen molar-refractivity contribution in [2.75, 3.05) is 32.1 Å². The molecule has 164 valence electrons. The molecule has 1 atom stereocenters. The SMILES string of the molecule is COc1ncc(F)cc1-c1cnc2ccc(N3CC[C@H](N(C)C(=O)OC(C)C)C3)nn12. The molecule has 0 saturated carbocycles. The van der Waals surface area contributed by atoms with Gasteiger partial charge in [-0.2, -0.15) is 0 Å². The van der Waals surface area contributed by atoms with Gasteiger partial charge in [0.15, 0.2) is 5.65 Å². The molecule has 31 heavy (non-hydrogen) atoms. The Morgan fingerprint density at radius 1 is 1.29 bits per heavy atom. The van der Waals surface area contributed by atoms with E-state index >= 15 is 0 Å². The molecule has 9 nitrogen and oxygen atoms in total. The third-order valence-corrected chi connectivity index (χ3v) is 5.29. The zero-order valence-corrected chi connectivity index (χ0v) is 17.9. The molecule has 1 saturated heterocycles. The van der Waals surface area contributed by atoms with Gasteiger partial charge in [0.2, 0.25) is 5.88 Å². The number of nitrogens with zero attached hydrogens (tertiary/aromatic N) is 6. The predicted molar refractivity (Wildman–Crippen MR) is 113 cm³/mol. The van der Waals surface area contributed by atoms with E-state index in [-0.39, 0.29) is 18.2 Å². The highest BCUT2D eigenvalue weighted by Crippen LogP contribution is 2.30. The Morgan fingerprint density at radius 3 is 2.84 bits per heavy atom. The Morgan fingerprint density at radius 2 is 2.10 bits per heavy atom. The summed E-state index contributed by atoms with van der Waals surface area (Å²) in [6.45, 7) is 5.05. The number of aromatic nitrogens is 4. The number of halogens is 1. The van der Waals surface area contributed by atoms with E-state index in [2.05, 4.69) is 14.9 Å². The largest absolute Gasteiger partial charge is 0.481 e. The maximum Gasteiger partial charge on any atom is 0.410 e. The van der Waals surface area contributed by atoms with Gasteiger partial charge in [-0.05, 0) is 38.5 Å². The highest BCUT2D eigenvalue weighted by atomic mass is 19.1. The Balaban J connectivity index is 1.60. The van der Waals surface area contributed by atoms with Crippen LogP contribution in [-0.2, 0) is 4.74 Å². The van der Waals surface area contributed by atoms with Gasteiger partial charge in [-0.25, -0.2) is 23.7 Å². The second-order valence-corrected chi connectivity index (χ2v) is 7.75. The predicted octanol–water partition coefficient (Wildman–Crippen LogP) is 2.99. The van der Waals surface area contributed by atoms with E-state index in [1.165, 1.54) is 13.2 Å². The number of imidazole rings is 1. The molecule has 0 N–H and O–H groups in total. The van der Waals surface area contributed by atoms with Crippen LogP contribution in [0, 0.1) is 5.82 Å². The van der Waals surface area contributed by atoms with Crippen molar-refractivity contribution in [1.82, 2.24) is 24.5 Å². The highest BCUT2D eigenvalue weighted by molar-refractivity contribution is 5.69. The molecule has 0 aromatic carbocycles. The van der Waals surface area contributed by atoms with E-state index < -0.39 is 5.82 Å². The van der Waals surface area contributed by atoms with E-state index in [0.717, 1.165) is 25.0 Å². The van der Waals surface area contributed by atoms with Crippen LogP contribution < -0.4 is 9.64 Å². The van der Waals surface area contributed by atoms with Crippen LogP contribution >= 0.6 is 0 Å². The average molecular weight is 428 g/mol. The summed E-state index contributed by atoms with van der Waals surface area (Å²) >= 11 is 0. The summed E-state index contributed by atoms with van der Waals surface area (Å²) in [4.78, 5) is 24.3. The number of anilines is 1. The molecule has 4 heterocycles. The second kappa shape index (κ2) is 8.37. The lowest BCUT2D eigenvalue weighted by Gasteiger charge is -2.25. The Labute approximate surface area is 179 Å². The van der Waals surface area contributed by atoms with Gasteiger partial charge in [-0.15, -0.1) is 5.10 Å². The molecule has 4 rings (SSSR count). The van der Waals surface area contributed by atoms with Gasteiger partial charge in [0.05, 0.1) is 42.9 Å². The van der Waals surface area contributed by atoms with Gasteiger partial charge in [0.25, 0.3) is 0 Å². The van der Waals surface area contributed by atoms with Gasteiger partial charge >= 0.3 is 6.09 Å². The smallest absolute Gasteiger partial charge is 0.410 e. The third kappa shape index (κ3) is 4.10. The lowest BCUT2D eigenvalue weighted by Crippen LogP contribution is -2.40. The van der Waals surface area contributed by atoms with E-state index in [9.17, 15) is 9.18 Å². The fourth-order valence-electron chi connectivity index (χ4n) is 3.69. The van der Waals surface area contributed by atoms with Gasteiger partial charge in [0, 0.05) is 20.1 Å². The highest BCUT2D eigenvalue weighted by Gasteiger charge is 2.30. The van der Waals surface area contributed by atoms with Crippen molar-refractivity contribution in [2.24, 2.45) is 0 Å². The summed E-state index contributed by atoms with van der Waals surface area (Å²) in [7, 11) is 3.24. The van der Waals surface area contributed by atoms with Crippen LogP contribution in [0.2, 0.25) is 0 Å². The molecule has 0 unspecified atom stereocenters. The molecule has 1 aliphatic heterocycles. The van der Waals surface area contributed by atoms with Crippen molar-refractivity contribution < 1.29 is 18.7 Å². The number of hydrogen-bond acceptors (Lipinski definition) is 7. The van der Waals surface area contributed by atoms with E-state index in [0.29, 0.717) is 29.3 Å². The van der Waals surface area contributed by atoms with Crippen LogP contribution in [0.25, 0.3) is 16.9 Å². The molecule has 3 aromatic heterocycles. The number of pyridine rings is 1. The monoisotopic (exact) mass is 428 g/mol. The number of methoxy groups -OCH3 is 1. The van der Waals surface area contributed by atoms with Gasteiger partial charge in [-0.1, -0.05) is 0 Å². The molecular formula is C21H25FN6O3. The molecule has 10 heteroatoms. The molecule has 3 aromatic rings. The number of carbonyl (C=O) groups is 1. The molecule has 1 fully saturated rings. The first-order valence-corrected chi connectivity index (χ1v) is 10.1. The van der Waals surface area contributed by atoms with Crippen LogP contribution in [0.15, 0.2) is 30.6 Å². The van der Waals surface area contributed by atoms with Crippen molar-refractivity contribution in [3.8, 4) is 17.1 Å². The normalized spacial score (nSPS) is 16.2. The summed E-state index contributed by atoms with van der Waals surface area (Å²) < 4.78 is 26.1. The summed E-state index contributed by atoms with van der Waals surface area (Å²) in [5.74, 6) is 0.561. The lowest BCUT2D eigenvalue weighted by molar-refractivity contribution is 0.0748. The van der Waals surface area contributed by atoms with Crippen molar-refractivity contribution in [3.63, 3.8) is 0 Å². The topological polar surface area (TPSA) is 85.1 Å². The average Bonchev–Trinajstić information content (AvgIpc) is 3.39. The van der Waals surface area contributed by atoms with Crippen LogP contribution in [0.4, 0.5) is 15.0 Å². The summed E-state index contributed by atoms with van der Waals surface area (Å²) in [6.07, 6.45) is 3.05. The molecule has 0 aliphatic carbocycles. The summed E-state index contributed by atoms with van der Waals surface area (Å²) in [6, 6.07) is 5.13. The Bertz CT molecular complexity index is 1100. The molecule has 1 amide bonds. The number of fused-ring (bicyclic) bond motifs is 1. The quantitative estimate of drug-likeness (QED) is 0.618. The van der Waals surface area contributed by atoms with Crippen molar-refractivity contribution in [1.29, 1.82) is 0 Å². The molecule has 0 spiro atoms. The van der Waals surface area contributed by atoms with E-state index in [1.807, 2.05) is 26.0 Å². The number of amides is 1. The lowest BCUT2D eigenvalue weighted by atomic mass is 10.2. The molecule has 0 radical (unpaired) electrons. The van der Waals surface area contributed by atoms with E-state index in [4.69, 9.17) is 14.6 Å². The van der Waals surface area contributed by atoms with Crippen LogP contribution in [0.1, 0.15) is 20.3 Å². The maximum absolute atomic E-state index is 13.8. The van der Waals surface area contributed by atoms with E-state index in [1.54, 1.807) is 22.7 Å². The minimum Gasteiger partial charge on any atom is -0.481 e. The van der Waals surface area contributed by atoms with Crippen molar-refractivity contribution in [2.45, 2.75) is 32.4 Å². The van der Waals surface area contributed by atoms with Crippen molar-refractivity contribution in [3.05, 3.63) is 36.4 Å². The van der Waals surface area contributed by atoms with Gasteiger partial charge < -0.3 is 19.3 Å². The molecular weight excluding hydrogens is 403 g/mol. The van der Waals surface area contributed by atoms with Crippen LogP contribution in [0.3, 0.4) is 0 Å². The number of hydrogen-bond donors (Lipinski definition) is 0. The minimum atomic E-state index is -0.472. The first kappa shape index (κ1) is 20.8. The fourth-order valence-corrected chi connectivity index (χ4v) is 3.69. The Hall–Kier alpha value is -3.43. The zero-order valence-electron chi connectivity index (χ0n) is 17.9.